The molecule has 0 aromatic heterocycles. The van der Waals surface area contributed by atoms with Gasteiger partial charge in [0.2, 0.25) is 0 Å². The SMILES string of the molecule is CN(C(N)=NC[C@@H]1CCC=CO1)C1CC1. The summed E-state index contributed by atoms with van der Waals surface area (Å²) in [7, 11) is 2.01. The van der Waals surface area contributed by atoms with Crippen molar-refractivity contribution in [1.29, 1.82) is 0 Å². The van der Waals surface area contributed by atoms with Crippen molar-refractivity contribution in [2.24, 2.45) is 10.7 Å². The van der Waals surface area contributed by atoms with Crippen molar-refractivity contribution in [2.45, 2.75) is 37.8 Å². The molecule has 1 aliphatic carbocycles. The minimum atomic E-state index is 0.209. The number of nitrogens with two attached hydrogens (primary N) is 1. The summed E-state index contributed by atoms with van der Waals surface area (Å²) >= 11 is 0. The summed E-state index contributed by atoms with van der Waals surface area (Å²) in [4.78, 5) is 6.44. The lowest BCUT2D eigenvalue weighted by molar-refractivity contribution is 0.131. The van der Waals surface area contributed by atoms with E-state index in [0.29, 0.717) is 18.5 Å². The van der Waals surface area contributed by atoms with Gasteiger partial charge in [0.1, 0.15) is 6.10 Å². The molecule has 0 spiro atoms. The topological polar surface area (TPSA) is 50.8 Å². The van der Waals surface area contributed by atoms with E-state index < -0.39 is 0 Å². The first-order chi connectivity index (χ1) is 7.27. The fourth-order valence-electron chi connectivity index (χ4n) is 1.67. The van der Waals surface area contributed by atoms with Crippen molar-refractivity contribution < 1.29 is 4.74 Å². The molecular weight excluding hydrogens is 190 g/mol. The van der Waals surface area contributed by atoms with Crippen LogP contribution in [0.3, 0.4) is 0 Å². The van der Waals surface area contributed by atoms with Crippen molar-refractivity contribution in [3.63, 3.8) is 0 Å². The molecule has 0 saturated heterocycles. The van der Waals surface area contributed by atoms with Crippen molar-refractivity contribution in [1.82, 2.24) is 4.90 Å². The minimum absolute atomic E-state index is 0.209. The van der Waals surface area contributed by atoms with Gasteiger partial charge in [0, 0.05) is 13.1 Å². The van der Waals surface area contributed by atoms with Crippen molar-refractivity contribution in [3.8, 4) is 0 Å². The van der Waals surface area contributed by atoms with Crippen LogP contribution in [0.25, 0.3) is 0 Å². The van der Waals surface area contributed by atoms with Crippen LogP contribution in [0, 0.1) is 0 Å². The lowest BCUT2D eigenvalue weighted by Crippen LogP contribution is -2.36. The highest BCUT2D eigenvalue weighted by molar-refractivity contribution is 5.78. The van der Waals surface area contributed by atoms with Crippen LogP contribution in [0.1, 0.15) is 25.7 Å². The lowest BCUT2D eigenvalue weighted by atomic mass is 10.2. The van der Waals surface area contributed by atoms with E-state index in [0.717, 1.165) is 12.8 Å². The van der Waals surface area contributed by atoms with E-state index in [4.69, 9.17) is 10.5 Å². The molecule has 4 heteroatoms. The van der Waals surface area contributed by atoms with Crippen LogP contribution in [0.15, 0.2) is 17.3 Å². The zero-order valence-corrected chi connectivity index (χ0v) is 9.22. The fraction of sp³-hybridized carbons (Fsp3) is 0.727. The summed E-state index contributed by atoms with van der Waals surface area (Å²) in [5.74, 6) is 0.649. The van der Waals surface area contributed by atoms with Gasteiger partial charge in [0.25, 0.3) is 0 Å². The molecule has 1 atom stereocenters. The molecule has 0 aromatic carbocycles. The number of hydrogen-bond donors (Lipinski definition) is 1. The maximum atomic E-state index is 5.88. The summed E-state index contributed by atoms with van der Waals surface area (Å²) in [6, 6.07) is 0.626. The molecule has 0 aromatic rings. The fourth-order valence-corrected chi connectivity index (χ4v) is 1.67. The quantitative estimate of drug-likeness (QED) is 0.559. The smallest absolute Gasteiger partial charge is 0.191 e. The van der Waals surface area contributed by atoms with Gasteiger partial charge < -0.3 is 15.4 Å². The number of allylic oxidation sites excluding steroid dienone is 1. The highest BCUT2D eigenvalue weighted by Crippen LogP contribution is 2.24. The maximum absolute atomic E-state index is 5.88. The molecule has 2 rings (SSSR count). The molecule has 15 heavy (non-hydrogen) atoms. The van der Waals surface area contributed by atoms with Crippen molar-refractivity contribution in [2.75, 3.05) is 13.6 Å². The van der Waals surface area contributed by atoms with E-state index in [1.54, 1.807) is 6.26 Å². The van der Waals surface area contributed by atoms with Crippen LogP contribution in [0.5, 0.6) is 0 Å². The van der Waals surface area contributed by atoms with Crippen LogP contribution in [0.4, 0.5) is 0 Å². The molecule has 1 heterocycles. The van der Waals surface area contributed by atoms with Crippen LogP contribution in [-0.2, 0) is 4.74 Å². The monoisotopic (exact) mass is 209 g/mol. The van der Waals surface area contributed by atoms with E-state index in [2.05, 4.69) is 9.89 Å². The van der Waals surface area contributed by atoms with E-state index in [1.807, 2.05) is 13.1 Å². The number of aliphatic imine (C=N–C) groups is 1. The van der Waals surface area contributed by atoms with Crippen LogP contribution < -0.4 is 5.73 Å². The molecule has 2 N–H and O–H groups in total. The molecule has 0 amide bonds. The molecule has 0 bridgehead atoms. The second-order valence-corrected chi connectivity index (χ2v) is 4.25. The lowest BCUT2D eigenvalue weighted by Gasteiger charge is -2.20. The Morgan fingerprint density at radius 1 is 1.53 bits per heavy atom. The average Bonchev–Trinajstić information content (AvgIpc) is 3.10. The predicted octanol–water partition coefficient (Wildman–Crippen LogP) is 1.09. The Morgan fingerprint density at radius 3 is 2.93 bits per heavy atom. The third-order valence-electron chi connectivity index (χ3n) is 2.94. The third-order valence-corrected chi connectivity index (χ3v) is 2.94. The van der Waals surface area contributed by atoms with Gasteiger partial charge in [-0.2, -0.15) is 0 Å². The summed E-state index contributed by atoms with van der Waals surface area (Å²) in [5, 5.41) is 0. The number of ether oxygens (including phenoxy) is 1. The van der Waals surface area contributed by atoms with Gasteiger partial charge in [-0.05, 0) is 31.8 Å². The summed E-state index contributed by atoms with van der Waals surface area (Å²) in [6.45, 7) is 0.674. The van der Waals surface area contributed by atoms with E-state index in [9.17, 15) is 0 Å². The largest absolute Gasteiger partial charge is 0.496 e. The Kier molecular flexibility index (Phi) is 3.14. The van der Waals surface area contributed by atoms with E-state index in [1.165, 1.54) is 12.8 Å². The van der Waals surface area contributed by atoms with E-state index in [-0.39, 0.29) is 6.10 Å². The molecule has 1 saturated carbocycles. The Balaban J connectivity index is 1.78. The molecule has 84 valence electrons. The molecule has 2 aliphatic rings. The molecule has 0 unspecified atom stereocenters. The number of hydrogen-bond acceptors (Lipinski definition) is 2. The Labute approximate surface area is 90.8 Å². The number of rotatable bonds is 3. The van der Waals surface area contributed by atoms with Crippen LogP contribution >= 0.6 is 0 Å². The molecule has 4 nitrogen and oxygen atoms in total. The van der Waals surface area contributed by atoms with Crippen LogP contribution in [0.2, 0.25) is 0 Å². The van der Waals surface area contributed by atoms with Gasteiger partial charge >= 0.3 is 0 Å². The first kappa shape index (κ1) is 10.3. The Hall–Kier alpha value is -1.19. The summed E-state index contributed by atoms with van der Waals surface area (Å²) in [6.07, 6.45) is 8.63. The molecule has 1 aliphatic heterocycles. The number of nitrogens with zero attached hydrogens (tertiary/aromatic N) is 2. The number of guanidine groups is 1. The molecule has 1 fully saturated rings. The first-order valence-corrected chi connectivity index (χ1v) is 5.60. The van der Waals surface area contributed by atoms with E-state index >= 15 is 0 Å². The second-order valence-electron chi connectivity index (χ2n) is 4.25. The standard InChI is InChI=1S/C11H19N3O/c1-14(9-5-6-9)11(12)13-8-10-4-2-3-7-15-10/h3,7,9-10H,2,4-6,8H2,1H3,(H2,12,13)/t10-/m0/s1. The predicted molar refractivity (Wildman–Crippen MR) is 60.5 cm³/mol. The second kappa shape index (κ2) is 4.55. The van der Waals surface area contributed by atoms with Gasteiger partial charge in [0.05, 0.1) is 12.8 Å². The van der Waals surface area contributed by atoms with Gasteiger partial charge in [-0.3, -0.25) is 0 Å². The zero-order chi connectivity index (χ0) is 10.7. The van der Waals surface area contributed by atoms with Gasteiger partial charge in [-0.15, -0.1) is 0 Å². The van der Waals surface area contributed by atoms with Gasteiger partial charge in [0.15, 0.2) is 5.96 Å². The zero-order valence-electron chi connectivity index (χ0n) is 9.22. The highest BCUT2D eigenvalue weighted by Gasteiger charge is 2.27. The highest BCUT2D eigenvalue weighted by atomic mass is 16.5. The maximum Gasteiger partial charge on any atom is 0.191 e. The minimum Gasteiger partial charge on any atom is -0.496 e. The summed E-state index contributed by atoms with van der Waals surface area (Å²) < 4.78 is 5.42. The molecule has 0 radical (unpaired) electrons. The Bertz CT molecular complexity index is 271. The van der Waals surface area contributed by atoms with Gasteiger partial charge in [-0.25, -0.2) is 4.99 Å². The molecular formula is C11H19N3O. The first-order valence-electron chi connectivity index (χ1n) is 5.60. The Morgan fingerprint density at radius 2 is 2.33 bits per heavy atom. The normalized spacial score (nSPS) is 26.2. The van der Waals surface area contributed by atoms with Crippen LogP contribution in [-0.4, -0.2) is 36.6 Å². The van der Waals surface area contributed by atoms with Crippen molar-refractivity contribution in [3.05, 3.63) is 12.3 Å². The third kappa shape index (κ3) is 2.88. The van der Waals surface area contributed by atoms with Gasteiger partial charge in [-0.1, -0.05) is 0 Å². The van der Waals surface area contributed by atoms with Crippen molar-refractivity contribution >= 4 is 5.96 Å². The average molecular weight is 209 g/mol. The summed E-state index contributed by atoms with van der Waals surface area (Å²) in [5.41, 5.74) is 5.88.